The molecule has 2 bridgehead atoms. The zero-order chi connectivity index (χ0) is 22.1. The molecular weight excluding hydrogens is 390 g/mol. The van der Waals surface area contributed by atoms with E-state index in [9.17, 15) is 19.5 Å². The van der Waals surface area contributed by atoms with Crippen LogP contribution in [-0.4, -0.2) is 76.2 Å². The average Bonchev–Trinajstić information content (AvgIpc) is 3.49. The van der Waals surface area contributed by atoms with Gasteiger partial charge in [0.25, 0.3) is 12.0 Å². The molecule has 2 fully saturated rings. The topological polar surface area (TPSA) is 120 Å². The van der Waals surface area contributed by atoms with Crippen LogP contribution in [0.2, 0.25) is 0 Å². The first-order valence-electron chi connectivity index (χ1n) is 10.2. The fraction of sp³-hybridized carbons (Fsp3) is 0.619. The van der Waals surface area contributed by atoms with Gasteiger partial charge in [0.2, 0.25) is 11.8 Å². The number of likely N-dealkylation sites (tertiary alicyclic amines) is 1. The van der Waals surface area contributed by atoms with Crippen molar-refractivity contribution < 1.29 is 24.6 Å². The first kappa shape index (κ1) is 22.0. The van der Waals surface area contributed by atoms with Crippen molar-refractivity contribution >= 4 is 18.3 Å². The van der Waals surface area contributed by atoms with Crippen molar-refractivity contribution in [1.82, 2.24) is 14.4 Å². The Labute approximate surface area is 174 Å². The van der Waals surface area contributed by atoms with Crippen LogP contribution in [0.4, 0.5) is 0 Å². The molecule has 1 aromatic heterocycles. The van der Waals surface area contributed by atoms with Gasteiger partial charge in [-0.3, -0.25) is 23.7 Å². The molecular formula is C21H29N3O6. The van der Waals surface area contributed by atoms with Crippen molar-refractivity contribution in [3.05, 3.63) is 34.2 Å². The summed E-state index contributed by atoms with van der Waals surface area (Å²) in [5, 5.41) is 16.5. The van der Waals surface area contributed by atoms with E-state index in [4.69, 9.17) is 9.90 Å². The number of pyridine rings is 1. The third-order valence-corrected chi connectivity index (χ3v) is 6.59. The van der Waals surface area contributed by atoms with Gasteiger partial charge >= 0.3 is 0 Å². The van der Waals surface area contributed by atoms with Gasteiger partial charge in [0, 0.05) is 62.6 Å². The zero-order valence-electron chi connectivity index (χ0n) is 17.4. The average molecular weight is 419 g/mol. The minimum atomic E-state index is -0.591. The number of hydrogen-bond donors (Lipinski definition) is 2. The lowest BCUT2D eigenvalue weighted by Gasteiger charge is -2.46. The van der Waals surface area contributed by atoms with Gasteiger partial charge in [-0.2, -0.15) is 0 Å². The van der Waals surface area contributed by atoms with Crippen LogP contribution < -0.4 is 5.56 Å². The molecule has 1 aliphatic carbocycles. The summed E-state index contributed by atoms with van der Waals surface area (Å²) < 4.78 is 1.66. The number of carbonyl (C=O) groups excluding carboxylic acids is 2. The Kier molecular flexibility index (Phi) is 6.30. The van der Waals surface area contributed by atoms with Gasteiger partial charge in [-0.25, -0.2) is 0 Å². The van der Waals surface area contributed by atoms with Crippen molar-refractivity contribution in [2.75, 3.05) is 33.3 Å². The first-order chi connectivity index (χ1) is 14.3. The number of carbonyl (C=O) groups is 3. The second-order valence-electron chi connectivity index (χ2n) is 8.68. The second kappa shape index (κ2) is 8.59. The van der Waals surface area contributed by atoms with Crippen molar-refractivity contribution in [1.29, 1.82) is 0 Å². The van der Waals surface area contributed by atoms with Crippen molar-refractivity contribution in [2.45, 2.75) is 38.1 Å². The number of aromatic nitrogens is 1. The molecule has 164 valence electrons. The van der Waals surface area contributed by atoms with Gasteiger partial charge in [-0.1, -0.05) is 6.07 Å². The summed E-state index contributed by atoms with van der Waals surface area (Å²) in [4.78, 5) is 49.9. The number of fused-ring (bicyclic) bond motifs is 4. The molecule has 4 rings (SSSR count). The number of carboxylic acid groups (broad SMARTS) is 1. The van der Waals surface area contributed by atoms with Crippen LogP contribution in [0.15, 0.2) is 23.0 Å². The van der Waals surface area contributed by atoms with Crippen LogP contribution in [0, 0.1) is 11.3 Å². The molecule has 2 aliphatic heterocycles. The fourth-order valence-corrected chi connectivity index (χ4v) is 4.86. The van der Waals surface area contributed by atoms with E-state index in [1.54, 1.807) is 34.4 Å². The summed E-state index contributed by atoms with van der Waals surface area (Å²) >= 11 is 0. The van der Waals surface area contributed by atoms with Crippen molar-refractivity contribution in [3.63, 3.8) is 0 Å². The van der Waals surface area contributed by atoms with Gasteiger partial charge in [-0.15, -0.1) is 0 Å². The summed E-state index contributed by atoms with van der Waals surface area (Å²) in [6.07, 6.45) is 2.65. The van der Waals surface area contributed by atoms with Crippen LogP contribution in [-0.2, 0) is 14.4 Å². The van der Waals surface area contributed by atoms with Crippen LogP contribution in [0.25, 0.3) is 0 Å². The summed E-state index contributed by atoms with van der Waals surface area (Å²) in [6.45, 7) is 2.99. The minimum absolute atomic E-state index is 0.00759. The summed E-state index contributed by atoms with van der Waals surface area (Å²) in [6, 6.07) is 4.55. The minimum Gasteiger partial charge on any atom is -0.483 e. The van der Waals surface area contributed by atoms with Gasteiger partial charge in [0.05, 0.1) is 6.61 Å². The lowest BCUT2D eigenvalue weighted by atomic mass is 9.78. The van der Waals surface area contributed by atoms with E-state index in [1.165, 1.54) is 6.07 Å². The lowest BCUT2D eigenvalue weighted by molar-refractivity contribution is -0.141. The summed E-state index contributed by atoms with van der Waals surface area (Å²) in [7, 11) is 1.75. The first-order valence-corrected chi connectivity index (χ1v) is 10.2. The van der Waals surface area contributed by atoms with E-state index < -0.39 is 6.04 Å². The molecule has 9 nitrogen and oxygen atoms in total. The van der Waals surface area contributed by atoms with E-state index in [0.717, 1.165) is 25.0 Å². The highest BCUT2D eigenvalue weighted by atomic mass is 16.3. The predicted octanol–water partition coefficient (Wildman–Crippen LogP) is 0.287. The number of nitrogens with zero attached hydrogens (tertiary/aromatic N) is 3. The highest BCUT2D eigenvalue weighted by Gasteiger charge is 2.48. The van der Waals surface area contributed by atoms with E-state index >= 15 is 0 Å². The lowest BCUT2D eigenvalue weighted by Crippen LogP contribution is -2.54. The Morgan fingerprint density at radius 2 is 1.97 bits per heavy atom. The number of aliphatic hydroxyl groups is 1. The van der Waals surface area contributed by atoms with Crippen LogP contribution in [0.5, 0.6) is 0 Å². The summed E-state index contributed by atoms with van der Waals surface area (Å²) in [5.74, 6) is -0.0751. The van der Waals surface area contributed by atoms with E-state index in [-0.39, 0.29) is 47.7 Å². The molecule has 1 saturated heterocycles. The van der Waals surface area contributed by atoms with Gasteiger partial charge in [0.1, 0.15) is 6.04 Å². The Balaban J connectivity index is 0.000000806. The maximum Gasteiger partial charge on any atom is 0.290 e. The second-order valence-corrected chi connectivity index (χ2v) is 8.68. The molecule has 3 heterocycles. The Morgan fingerprint density at radius 1 is 1.30 bits per heavy atom. The van der Waals surface area contributed by atoms with Crippen LogP contribution in [0.3, 0.4) is 0 Å². The largest absolute Gasteiger partial charge is 0.483 e. The van der Waals surface area contributed by atoms with Crippen LogP contribution in [0.1, 0.15) is 43.8 Å². The molecule has 3 aliphatic rings. The van der Waals surface area contributed by atoms with Gasteiger partial charge in [-0.05, 0) is 25.3 Å². The highest BCUT2D eigenvalue weighted by Crippen LogP contribution is 2.46. The van der Waals surface area contributed by atoms with Crippen LogP contribution >= 0.6 is 0 Å². The molecule has 0 aromatic carbocycles. The predicted molar refractivity (Wildman–Crippen MR) is 108 cm³/mol. The quantitative estimate of drug-likeness (QED) is 0.677. The smallest absolute Gasteiger partial charge is 0.290 e. The third kappa shape index (κ3) is 4.12. The molecule has 3 atom stereocenters. The molecule has 0 spiro atoms. The SMILES string of the molecule is CC(=O)N1C[C@H]2C[C@@H](C1)[C@H](C(=O)N(C)CC1(CO)CC1)n1c2cccc1=O.O=CO. The maximum absolute atomic E-state index is 13.4. The van der Waals surface area contributed by atoms with E-state index in [2.05, 4.69) is 0 Å². The number of rotatable bonds is 4. The number of amides is 2. The molecule has 30 heavy (non-hydrogen) atoms. The standard InChI is InChI=1S/C20H27N3O4.CH2O2/c1-13(25)22-9-14-8-15(10-22)18(23-16(14)4-3-5-17(23)26)19(27)21(2)11-20(12-24)6-7-20;2-1-3/h3-5,14-15,18,24H,6-12H2,1-2H3;1H,(H,2,3)/t14-,15+,18-;/m1./s1. The van der Waals surface area contributed by atoms with E-state index in [1.807, 2.05) is 6.07 Å². The van der Waals surface area contributed by atoms with Crippen molar-refractivity contribution in [3.8, 4) is 0 Å². The fourth-order valence-electron chi connectivity index (χ4n) is 4.86. The highest BCUT2D eigenvalue weighted by molar-refractivity contribution is 5.81. The Hall–Kier alpha value is -2.68. The number of piperidine rings is 1. The molecule has 1 aromatic rings. The maximum atomic E-state index is 13.4. The van der Waals surface area contributed by atoms with Gasteiger partial charge < -0.3 is 20.0 Å². The number of likely N-dealkylation sites (N-methyl/N-ethyl adjacent to an activating group) is 1. The Morgan fingerprint density at radius 3 is 2.53 bits per heavy atom. The van der Waals surface area contributed by atoms with Crippen molar-refractivity contribution in [2.24, 2.45) is 11.3 Å². The monoisotopic (exact) mass is 419 g/mol. The number of hydrogen-bond acceptors (Lipinski definition) is 5. The third-order valence-electron chi connectivity index (χ3n) is 6.59. The van der Waals surface area contributed by atoms with E-state index in [0.29, 0.717) is 19.6 Å². The molecule has 1 saturated carbocycles. The molecule has 9 heteroatoms. The molecule has 0 unspecified atom stereocenters. The molecule has 2 amide bonds. The normalized spacial score (nSPS) is 25.3. The Bertz CT molecular complexity index is 878. The zero-order valence-corrected chi connectivity index (χ0v) is 17.4. The number of aliphatic hydroxyl groups excluding tert-OH is 1. The van der Waals surface area contributed by atoms with Gasteiger partial charge in [0.15, 0.2) is 0 Å². The summed E-state index contributed by atoms with van der Waals surface area (Å²) in [5.41, 5.74) is 0.512. The molecule has 2 N–H and O–H groups in total. The molecule has 0 radical (unpaired) electrons.